The molecule has 0 aliphatic heterocycles. The molecule has 0 spiro atoms. The zero-order valence-electron chi connectivity index (χ0n) is 7.61. The quantitative estimate of drug-likeness (QED) is 0.727. The number of unbranched alkanes of at least 4 members (excludes halogenated alkanes) is 1. The van der Waals surface area contributed by atoms with E-state index < -0.39 is 10.8 Å². The number of hydrogen-bond acceptors (Lipinski definition) is 2. The molecule has 0 heterocycles. The zero-order chi connectivity index (χ0) is 9.52. The normalized spacial score (nSPS) is 12.7. The van der Waals surface area contributed by atoms with Crippen molar-refractivity contribution in [2.45, 2.75) is 17.7 Å². The Kier molecular flexibility index (Phi) is 4.72. The molecule has 0 aliphatic rings. The third-order valence-electron chi connectivity index (χ3n) is 1.79. The minimum absolute atomic E-state index is 0.686. The Morgan fingerprint density at radius 1 is 1.15 bits per heavy atom. The van der Waals surface area contributed by atoms with Gasteiger partial charge in [0.05, 0.1) is 10.8 Å². The molecule has 1 atom stereocenters. The lowest BCUT2D eigenvalue weighted by Gasteiger charge is -2.00. The standard InChI is InChI=1S/C10H15NOS/c11-8-4-5-9-13(12)10-6-2-1-3-7-10/h1-3,6-7H,4-5,8-9,11H2. The summed E-state index contributed by atoms with van der Waals surface area (Å²) in [6, 6.07) is 9.56. The van der Waals surface area contributed by atoms with Gasteiger partial charge in [-0.25, -0.2) is 0 Å². The minimum atomic E-state index is -0.840. The monoisotopic (exact) mass is 197 g/mol. The van der Waals surface area contributed by atoms with E-state index in [-0.39, 0.29) is 0 Å². The Bertz CT molecular complexity index is 261. The third kappa shape index (κ3) is 3.70. The van der Waals surface area contributed by atoms with Gasteiger partial charge in [0.1, 0.15) is 0 Å². The molecule has 1 aromatic rings. The molecule has 1 unspecified atom stereocenters. The summed E-state index contributed by atoms with van der Waals surface area (Å²) in [6.07, 6.45) is 1.90. The molecule has 13 heavy (non-hydrogen) atoms. The van der Waals surface area contributed by atoms with Crippen molar-refractivity contribution < 1.29 is 4.21 Å². The van der Waals surface area contributed by atoms with E-state index in [1.165, 1.54) is 0 Å². The fourth-order valence-corrected chi connectivity index (χ4v) is 2.23. The van der Waals surface area contributed by atoms with Crippen molar-refractivity contribution in [3.63, 3.8) is 0 Å². The molecule has 0 fully saturated rings. The van der Waals surface area contributed by atoms with Gasteiger partial charge in [-0.05, 0) is 31.5 Å². The predicted octanol–water partition coefficient (Wildman–Crippen LogP) is 1.53. The van der Waals surface area contributed by atoms with E-state index in [0.29, 0.717) is 6.54 Å². The van der Waals surface area contributed by atoms with Crippen LogP contribution in [0.4, 0.5) is 0 Å². The van der Waals surface area contributed by atoms with Gasteiger partial charge >= 0.3 is 0 Å². The molecule has 0 saturated carbocycles. The van der Waals surface area contributed by atoms with E-state index in [4.69, 9.17) is 5.73 Å². The average Bonchev–Trinajstić information content (AvgIpc) is 2.19. The van der Waals surface area contributed by atoms with E-state index in [1.54, 1.807) is 0 Å². The first-order valence-corrected chi connectivity index (χ1v) is 5.80. The fourth-order valence-electron chi connectivity index (χ4n) is 1.07. The molecule has 2 N–H and O–H groups in total. The molecular weight excluding hydrogens is 182 g/mol. The van der Waals surface area contributed by atoms with Crippen molar-refractivity contribution in [3.05, 3.63) is 30.3 Å². The molecule has 1 aromatic carbocycles. The molecule has 2 nitrogen and oxygen atoms in total. The number of nitrogens with two attached hydrogens (primary N) is 1. The summed E-state index contributed by atoms with van der Waals surface area (Å²) in [4.78, 5) is 0.916. The second kappa shape index (κ2) is 5.89. The molecule has 0 bridgehead atoms. The zero-order valence-corrected chi connectivity index (χ0v) is 8.43. The highest BCUT2D eigenvalue weighted by atomic mass is 32.2. The van der Waals surface area contributed by atoms with Crippen molar-refractivity contribution in [2.75, 3.05) is 12.3 Å². The molecule has 0 saturated heterocycles. The second-order valence-electron chi connectivity index (χ2n) is 2.86. The maximum Gasteiger partial charge on any atom is 0.0529 e. The predicted molar refractivity (Wildman–Crippen MR) is 56.0 cm³/mol. The van der Waals surface area contributed by atoms with Gasteiger partial charge in [0.25, 0.3) is 0 Å². The summed E-state index contributed by atoms with van der Waals surface area (Å²) >= 11 is 0. The summed E-state index contributed by atoms with van der Waals surface area (Å²) in [5.41, 5.74) is 5.35. The van der Waals surface area contributed by atoms with E-state index in [0.717, 1.165) is 23.5 Å². The van der Waals surface area contributed by atoms with Crippen molar-refractivity contribution in [1.29, 1.82) is 0 Å². The first-order chi connectivity index (χ1) is 6.34. The lowest BCUT2D eigenvalue weighted by Crippen LogP contribution is -2.03. The Morgan fingerprint density at radius 3 is 2.46 bits per heavy atom. The van der Waals surface area contributed by atoms with E-state index in [9.17, 15) is 4.21 Å². The van der Waals surface area contributed by atoms with Crippen LogP contribution in [0.15, 0.2) is 35.2 Å². The summed E-state index contributed by atoms with van der Waals surface area (Å²) < 4.78 is 11.6. The molecule has 1 rings (SSSR count). The summed E-state index contributed by atoms with van der Waals surface area (Å²) in [5, 5.41) is 0. The second-order valence-corrected chi connectivity index (χ2v) is 4.43. The smallest absolute Gasteiger partial charge is 0.0529 e. The van der Waals surface area contributed by atoms with Gasteiger partial charge in [-0.15, -0.1) is 0 Å². The van der Waals surface area contributed by atoms with Gasteiger partial charge in [0, 0.05) is 10.6 Å². The fraction of sp³-hybridized carbons (Fsp3) is 0.400. The van der Waals surface area contributed by atoms with Gasteiger partial charge in [-0.1, -0.05) is 18.2 Å². The molecule has 72 valence electrons. The maximum atomic E-state index is 11.6. The van der Waals surface area contributed by atoms with Crippen molar-refractivity contribution >= 4 is 10.8 Å². The molecule has 0 radical (unpaired) electrons. The Hall–Kier alpha value is -0.670. The van der Waals surface area contributed by atoms with Crippen LogP contribution in [0.1, 0.15) is 12.8 Å². The first-order valence-electron chi connectivity index (χ1n) is 4.48. The number of benzene rings is 1. The highest BCUT2D eigenvalue weighted by molar-refractivity contribution is 7.85. The summed E-state index contributed by atoms with van der Waals surface area (Å²) in [5.74, 6) is 0.723. The van der Waals surface area contributed by atoms with Crippen LogP contribution in [0.3, 0.4) is 0 Å². The van der Waals surface area contributed by atoms with E-state index >= 15 is 0 Å². The Morgan fingerprint density at radius 2 is 1.85 bits per heavy atom. The SMILES string of the molecule is NCCCCS(=O)c1ccccc1. The van der Waals surface area contributed by atoms with E-state index in [2.05, 4.69) is 0 Å². The van der Waals surface area contributed by atoms with Gasteiger partial charge < -0.3 is 5.73 Å². The van der Waals surface area contributed by atoms with Crippen molar-refractivity contribution in [3.8, 4) is 0 Å². The third-order valence-corrected chi connectivity index (χ3v) is 3.25. The van der Waals surface area contributed by atoms with Gasteiger partial charge in [0.15, 0.2) is 0 Å². The van der Waals surface area contributed by atoms with Crippen molar-refractivity contribution in [1.82, 2.24) is 0 Å². The number of hydrogen-bond donors (Lipinski definition) is 1. The van der Waals surface area contributed by atoms with E-state index in [1.807, 2.05) is 30.3 Å². The van der Waals surface area contributed by atoms with Crippen LogP contribution in [-0.2, 0) is 10.8 Å². The van der Waals surface area contributed by atoms with Crippen molar-refractivity contribution in [2.24, 2.45) is 5.73 Å². The van der Waals surface area contributed by atoms with Crippen LogP contribution in [0, 0.1) is 0 Å². The lowest BCUT2D eigenvalue weighted by atomic mass is 10.3. The topological polar surface area (TPSA) is 43.1 Å². The lowest BCUT2D eigenvalue weighted by molar-refractivity contribution is 0.678. The molecule has 0 amide bonds. The van der Waals surface area contributed by atoms with Gasteiger partial charge in [-0.2, -0.15) is 0 Å². The highest BCUT2D eigenvalue weighted by Gasteiger charge is 2.00. The average molecular weight is 197 g/mol. The molecule has 0 aromatic heterocycles. The van der Waals surface area contributed by atoms with Crippen LogP contribution in [0.25, 0.3) is 0 Å². The molecule has 0 aliphatic carbocycles. The van der Waals surface area contributed by atoms with Crippen LogP contribution in [-0.4, -0.2) is 16.5 Å². The molecular formula is C10H15NOS. The Balaban J connectivity index is 2.40. The number of rotatable bonds is 5. The largest absolute Gasteiger partial charge is 0.330 e. The summed E-state index contributed by atoms with van der Waals surface area (Å²) in [6.45, 7) is 0.686. The Labute approximate surface area is 81.6 Å². The molecule has 3 heteroatoms. The van der Waals surface area contributed by atoms with Crippen LogP contribution in [0.5, 0.6) is 0 Å². The van der Waals surface area contributed by atoms with Crippen LogP contribution in [0.2, 0.25) is 0 Å². The minimum Gasteiger partial charge on any atom is -0.330 e. The van der Waals surface area contributed by atoms with Crippen LogP contribution < -0.4 is 5.73 Å². The van der Waals surface area contributed by atoms with Gasteiger partial charge in [-0.3, -0.25) is 4.21 Å². The highest BCUT2D eigenvalue weighted by Crippen LogP contribution is 2.06. The first kappa shape index (κ1) is 10.4. The van der Waals surface area contributed by atoms with Crippen LogP contribution >= 0.6 is 0 Å². The summed E-state index contributed by atoms with van der Waals surface area (Å²) in [7, 11) is -0.840. The maximum absolute atomic E-state index is 11.6. The van der Waals surface area contributed by atoms with Gasteiger partial charge in [0.2, 0.25) is 0 Å².